The van der Waals surface area contributed by atoms with E-state index < -0.39 is 6.10 Å². The van der Waals surface area contributed by atoms with Crippen LogP contribution in [-0.2, 0) is 9.47 Å². The summed E-state index contributed by atoms with van der Waals surface area (Å²) in [7, 11) is 0. The predicted octanol–water partition coefficient (Wildman–Crippen LogP) is 1.53. The summed E-state index contributed by atoms with van der Waals surface area (Å²) >= 11 is 0. The molecular formula is C15H26N2O3. The van der Waals surface area contributed by atoms with E-state index in [0.29, 0.717) is 26.4 Å². The molecule has 114 valence electrons. The van der Waals surface area contributed by atoms with Crippen molar-refractivity contribution in [2.24, 2.45) is 0 Å². The Morgan fingerprint density at radius 3 is 2.70 bits per heavy atom. The summed E-state index contributed by atoms with van der Waals surface area (Å²) in [5.41, 5.74) is 0.964. The van der Waals surface area contributed by atoms with E-state index in [4.69, 9.17) is 9.47 Å². The van der Waals surface area contributed by atoms with Gasteiger partial charge in [0, 0.05) is 18.8 Å². The molecule has 0 radical (unpaired) electrons. The van der Waals surface area contributed by atoms with Gasteiger partial charge in [-0.25, -0.2) is 0 Å². The van der Waals surface area contributed by atoms with Crippen LogP contribution in [0.3, 0.4) is 0 Å². The second kappa shape index (κ2) is 9.83. The highest BCUT2D eigenvalue weighted by Crippen LogP contribution is 2.07. The Morgan fingerprint density at radius 1 is 1.25 bits per heavy atom. The van der Waals surface area contributed by atoms with Gasteiger partial charge in [0.15, 0.2) is 0 Å². The van der Waals surface area contributed by atoms with Gasteiger partial charge in [-0.1, -0.05) is 6.07 Å². The van der Waals surface area contributed by atoms with Gasteiger partial charge in [-0.2, -0.15) is 0 Å². The number of rotatable bonds is 10. The Bertz CT molecular complexity index is 346. The first-order valence-electron chi connectivity index (χ1n) is 7.11. The SMILES string of the molecule is CC(C)OCCOCC(O)CNC(C)c1ccccn1. The fourth-order valence-corrected chi connectivity index (χ4v) is 1.67. The Hall–Kier alpha value is -1.01. The Kier molecular flexibility index (Phi) is 8.37. The summed E-state index contributed by atoms with van der Waals surface area (Å²) < 4.78 is 10.7. The van der Waals surface area contributed by atoms with Crippen LogP contribution in [0.25, 0.3) is 0 Å². The largest absolute Gasteiger partial charge is 0.389 e. The minimum atomic E-state index is -0.528. The molecule has 2 unspecified atom stereocenters. The normalized spacial score (nSPS) is 14.4. The molecule has 2 N–H and O–H groups in total. The number of pyridine rings is 1. The molecule has 0 aliphatic carbocycles. The first-order chi connectivity index (χ1) is 9.59. The molecule has 0 aromatic carbocycles. The highest BCUT2D eigenvalue weighted by molar-refractivity contribution is 5.07. The van der Waals surface area contributed by atoms with Crippen LogP contribution in [0.1, 0.15) is 32.5 Å². The lowest BCUT2D eigenvalue weighted by Crippen LogP contribution is -2.32. The van der Waals surface area contributed by atoms with Gasteiger partial charge in [0.05, 0.1) is 37.7 Å². The predicted molar refractivity (Wildman–Crippen MR) is 78.6 cm³/mol. The van der Waals surface area contributed by atoms with Gasteiger partial charge in [-0.15, -0.1) is 0 Å². The fourth-order valence-electron chi connectivity index (χ4n) is 1.67. The maximum Gasteiger partial charge on any atom is 0.0897 e. The number of aliphatic hydroxyl groups excluding tert-OH is 1. The highest BCUT2D eigenvalue weighted by atomic mass is 16.5. The van der Waals surface area contributed by atoms with Gasteiger partial charge >= 0.3 is 0 Å². The number of aromatic nitrogens is 1. The number of aliphatic hydroxyl groups is 1. The molecule has 0 fully saturated rings. The first-order valence-corrected chi connectivity index (χ1v) is 7.11. The molecule has 1 heterocycles. The lowest BCUT2D eigenvalue weighted by molar-refractivity contribution is -0.0104. The second-order valence-electron chi connectivity index (χ2n) is 5.03. The van der Waals surface area contributed by atoms with Crippen LogP contribution in [0.15, 0.2) is 24.4 Å². The Morgan fingerprint density at radius 2 is 2.05 bits per heavy atom. The van der Waals surface area contributed by atoms with Crippen molar-refractivity contribution < 1.29 is 14.6 Å². The van der Waals surface area contributed by atoms with Crippen molar-refractivity contribution in [2.45, 2.75) is 39.0 Å². The van der Waals surface area contributed by atoms with Gasteiger partial charge in [0.25, 0.3) is 0 Å². The second-order valence-corrected chi connectivity index (χ2v) is 5.03. The van der Waals surface area contributed by atoms with Crippen LogP contribution in [0.2, 0.25) is 0 Å². The summed E-state index contributed by atoms with van der Waals surface area (Å²) in [6.07, 6.45) is 1.45. The maximum absolute atomic E-state index is 9.80. The summed E-state index contributed by atoms with van der Waals surface area (Å²) in [6, 6.07) is 5.91. The molecule has 20 heavy (non-hydrogen) atoms. The Balaban J connectivity index is 2.09. The third-order valence-corrected chi connectivity index (χ3v) is 2.78. The van der Waals surface area contributed by atoms with Crippen molar-refractivity contribution in [3.05, 3.63) is 30.1 Å². The molecule has 0 saturated carbocycles. The summed E-state index contributed by atoms with van der Waals surface area (Å²) in [4.78, 5) is 4.27. The van der Waals surface area contributed by atoms with Gasteiger partial charge in [0.2, 0.25) is 0 Å². The van der Waals surface area contributed by atoms with Crippen LogP contribution in [0.5, 0.6) is 0 Å². The average molecular weight is 282 g/mol. The zero-order valence-corrected chi connectivity index (χ0v) is 12.6. The molecule has 1 aromatic heterocycles. The van der Waals surface area contributed by atoms with Crippen molar-refractivity contribution in [3.8, 4) is 0 Å². The van der Waals surface area contributed by atoms with E-state index in [0.717, 1.165) is 5.69 Å². The number of nitrogens with one attached hydrogen (secondary N) is 1. The Labute approximate surface area is 121 Å². The lowest BCUT2D eigenvalue weighted by Gasteiger charge is -2.17. The molecule has 0 amide bonds. The summed E-state index contributed by atoms with van der Waals surface area (Å²) in [6.45, 7) is 7.83. The van der Waals surface area contributed by atoms with Crippen LogP contribution in [0, 0.1) is 0 Å². The van der Waals surface area contributed by atoms with Crippen molar-refractivity contribution in [2.75, 3.05) is 26.4 Å². The number of nitrogens with zero attached hydrogens (tertiary/aromatic N) is 1. The molecule has 2 atom stereocenters. The molecule has 0 saturated heterocycles. The smallest absolute Gasteiger partial charge is 0.0897 e. The van der Waals surface area contributed by atoms with E-state index in [9.17, 15) is 5.11 Å². The van der Waals surface area contributed by atoms with Crippen LogP contribution < -0.4 is 5.32 Å². The molecule has 1 aromatic rings. The van der Waals surface area contributed by atoms with E-state index in [2.05, 4.69) is 10.3 Å². The van der Waals surface area contributed by atoms with E-state index >= 15 is 0 Å². The van der Waals surface area contributed by atoms with Crippen molar-refractivity contribution in [3.63, 3.8) is 0 Å². The van der Waals surface area contributed by atoms with E-state index in [-0.39, 0.29) is 12.1 Å². The third-order valence-electron chi connectivity index (χ3n) is 2.78. The molecule has 0 spiro atoms. The molecule has 5 nitrogen and oxygen atoms in total. The monoisotopic (exact) mass is 282 g/mol. The highest BCUT2D eigenvalue weighted by Gasteiger charge is 2.09. The van der Waals surface area contributed by atoms with Crippen LogP contribution in [-0.4, -0.2) is 48.7 Å². The quantitative estimate of drug-likeness (QED) is 0.637. The molecule has 0 bridgehead atoms. The minimum Gasteiger partial charge on any atom is -0.389 e. The molecule has 0 aliphatic rings. The molecule has 1 rings (SSSR count). The standard InChI is InChI=1S/C15H26N2O3/c1-12(2)20-9-8-19-11-14(18)10-17-13(3)15-6-4-5-7-16-15/h4-7,12-14,17-18H,8-11H2,1-3H3. The summed E-state index contributed by atoms with van der Waals surface area (Å²) in [5, 5.41) is 13.0. The summed E-state index contributed by atoms with van der Waals surface area (Å²) in [5.74, 6) is 0. The number of ether oxygens (including phenoxy) is 2. The van der Waals surface area contributed by atoms with Crippen molar-refractivity contribution in [1.29, 1.82) is 0 Å². The van der Waals surface area contributed by atoms with E-state index in [1.807, 2.05) is 39.0 Å². The fraction of sp³-hybridized carbons (Fsp3) is 0.667. The molecule has 5 heteroatoms. The molecular weight excluding hydrogens is 256 g/mol. The van der Waals surface area contributed by atoms with E-state index in [1.165, 1.54) is 0 Å². The average Bonchev–Trinajstić information content (AvgIpc) is 2.45. The number of hydrogen-bond acceptors (Lipinski definition) is 5. The van der Waals surface area contributed by atoms with Crippen molar-refractivity contribution in [1.82, 2.24) is 10.3 Å². The van der Waals surface area contributed by atoms with Crippen molar-refractivity contribution >= 4 is 0 Å². The maximum atomic E-state index is 9.80. The molecule has 0 aliphatic heterocycles. The third kappa shape index (κ3) is 7.55. The van der Waals surface area contributed by atoms with Gasteiger partial charge in [0.1, 0.15) is 0 Å². The first kappa shape index (κ1) is 17.0. The van der Waals surface area contributed by atoms with Crippen LogP contribution >= 0.6 is 0 Å². The van der Waals surface area contributed by atoms with Gasteiger partial charge < -0.3 is 19.9 Å². The topological polar surface area (TPSA) is 63.6 Å². The van der Waals surface area contributed by atoms with Gasteiger partial charge in [-0.05, 0) is 32.9 Å². The van der Waals surface area contributed by atoms with Crippen LogP contribution in [0.4, 0.5) is 0 Å². The van der Waals surface area contributed by atoms with E-state index in [1.54, 1.807) is 6.20 Å². The zero-order chi connectivity index (χ0) is 14.8. The zero-order valence-electron chi connectivity index (χ0n) is 12.6. The van der Waals surface area contributed by atoms with Gasteiger partial charge in [-0.3, -0.25) is 4.98 Å². The minimum absolute atomic E-state index is 0.107. The lowest BCUT2D eigenvalue weighted by atomic mass is 10.2. The number of hydrogen-bond donors (Lipinski definition) is 2.